The summed E-state index contributed by atoms with van der Waals surface area (Å²) >= 11 is 6.10. The van der Waals surface area contributed by atoms with E-state index in [2.05, 4.69) is 54.0 Å². The number of aromatic nitrogens is 2. The molecule has 1 aromatic heterocycles. The summed E-state index contributed by atoms with van der Waals surface area (Å²) in [7, 11) is -1.91. The molecule has 0 saturated carbocycles. The largest absolute Gasteiger partial charge is 0.465 e. The molecule has 0 aliphatic carbocycles. The van der Waals surface area contributed by atoms with Crippen molar-refractivity contribution in [3.05, 3.63) is 17.0 Å². The fourth-order valence-electron chi connectivity index (χ4n) is 2.80. The lowest BCUT2D eigenvalue weighted by Crippen LogP contribution is -2.53. The molecule has 1 saturated heterocycles. The molecule has 1 fully saturated rings. The van der Waals surface area contributed by atoms with Crippen LogP contribution >= 0.6 is 11.6 Å². The highest BCUT2D eigenvalue weighted by atomic mass is 35.5. The Hall–Kier alpha value is -1.38. The smallest absolute Gasteiger partial charge is 0.405 e. The van der Waals surface area contributed by atoms with Crippen LogP contribution in [-0.2, 0) is 11.0 Å². The average Bonchev–Trinajstić information content (AvgIpc) is 2.52. The summed E-state index contributed by atoms with van der Waals surface area (Å²) in [6, 6.07) is 0. The zero-order valence-electron chi connectivity index (χ0n) is 17.1. The molecule has 0 radical (unpaired) electrons. The Kier molecular flexibility index (Phi) is 6.43. The van der Waals surface area contributed by atoms with Crippen LogP contribution in [0.25, 0.3) is 0 Å². The number of carbonyl (C=O) groups is 1. The highest BCUT2D eigenvalue weighted by molar-refractivity contribution is 6.74. The van der Waals surface area contributed by atoms with Gasteiger partial charge < -0.3 is 19.7 Å². The second-order valence-corrected chi connectivity index (χ2v) is 14.2. The maximum Gasteiger partial charge on any atom is 0.405 e. The van der Waals surface area contributed by atoms with Gasteiger partial charge in [0.1, 0.15) is 10.8 Å². The Morgan fingerprint density at radius 3 is 2.52 bits per heavy atom. The second-order valence-electron chi connectivity index (χ2n) is 8.99. The van der Waals surface area contributed by atoms with E-state index < -0.39 is 19.9 Å². The third kappa shape index (κ3) is 5.55. The predicted molar refractivity (Wildman–Crippen MR) is 110 cm³/mol. The quantitative estimate of drug-likeness (QED) is 0.699. The van der Waals surface area contributed by atoms with Crippen LogP contribution in [0.4, 0.5) is 10.6 Å². The lowest BCUT2D eigenvalue weighted by molar-refractivity contribution is 0.173. The molecule has 0 aromatic carbocycles. The maximum atomic E-state index is 11.0. The number of amides is 1. The fourth-order valence-corrected chi connectivity index (χ4v) is 3.86. The number of halogens is 1. The molecule has 2 rings (SSSR count). The molecule has 0 spiro atoms. The Morgan fingerprint density at radius 2 is 2.00 bits per heavy atom. The molecule has 1 aliphatic rings. The molecule has 0 unspecified atom stereocenters. The van der Waals surface area contributed by atoms with Crippen molar-refractivity contribution in [2.45, 2.75) is 70.8 Å². The van der Waals surface area contributed by atoms with Gasteiger partial charge in [0.05, 0.1) is 12.8 Å². The van der Waals surface area contributed by atoms with Crippen molar-refractivity contribution in [2.24, 2.45) is 0 Å². The van der Waals surface area contributed by atoms with Gasteiger partial charge in [-0.25, -0.2) is 9.78 Å². The van der Waals surface area contributed by atoms with E-state index >= 15 is 0 Å². The summed E-state index contributed by atoms with van der Waals surface area (Å²) in [6.07, 6.45) is 1.94. The van der Waals surface area contributed by atoms with Gasteiger partial charge in [0.25, 0.3) is 0 Å². The van der Waals surface area contributed by atoms with Crippen molar-refractivity contribution >= 4 is 31.8 Å². The van der Waals surface area contributed by atoms with E-state index in [0.29, 0.717) is 37.7 Å². The first-order chi connectivity index (χ1) is 12.3. The van der Waals surface area contributed by atoms with Crippen molar-refractivity contribution in [3.63, 3.8) is 0 Å². The van der Waals surface area contributed by atoms with Crippen LogP contribution in [0.2, 0.25) is 23.3 Å². The van der Waals surface area contributed by atoms with Crippen LogP contribution < -0.4 is 10.2 Å². The first-order valence-electron chi connectivity index (χ1n) is 9.24. The van der Waals surface area contributed by atoms with Gasteiger partial charge in [-0.05, 0) is 37.9 Å². The van der Waals surface area contributed by atoms with E-state index in [1.54, 1.807) is 6.20 Å². The first kappa shape index (κ1) is 21.9. The molecule has 2 heterocycles. The molecule has 2 N–H and O–H groups in total. The normalized spacial score (nSPS) is 17.7. The van der Waals surface area contributed by atoms with Crippen LogP contribution in [0.15, 0.2) is 6.20 Å². The zero-order valence-corrected chi connectivity index (χ0v) is 18.9. The van der Waals surface area contributed by atoms with Crippen LogP contribution in [0, 0.1) is 0 Å². The monoisotopic (exact) mass is 414 g/mol. The lowest BCUT2D eigenvalue weighted by Gasteiger charge is -2.40. The van der Waals surface area contributed by atoms with Gasteiger partial charge in [-0.2, -0.15) is 0 Å². The number of nitrogens with zero attached hydrogens (tertiary/aromatic N) is 3. The van der Waals surface area contributed by atoms with Gasteiger partial charge in [-0.1, -0.05) is 32.4 Å². The average molecular weight is 415 g/mol. The molecular weight excluding hydrogens is 384 g/mol. The lowest BCUT2D eigenvalue weighted by atomic mass is 9.90. The molecule has 27 heavy (non-hydrogen) atoms. The summed E-state index contributed by atoms with van der Waals surface area (Å²) < 4.78 is 6.32. The Bertz CT molecular complexity index is 686. The molecule has 1 aromatic rings. The predicted octanol–water partition coefficient (Wildman–Crippen LogP) is 4.28. The minimum absolute atomic E-state index is 0.114. The third-order valence-corrected chi connectivity index (χ3v) is 10.4. The summed E-state index contributed by atoms with van der Waals surface area (Å²) in [5.41, 5.74) is 0.352. The molecular formula is C18H31ClN4O3Si. The summed E-state index contributed by atoms with van der Waals surface area (Å²) in [6.45, 7) is 14.7. The molecule has 0 atom stereocenters. The fraction of sp³-hybridized carbons (Fsp3) is 0.722. The number of carboxylic acid groups (broad SMARTS) is 1. The minimum Gasteiger partial charge on any atom is -0.465 e. The number of hydrogen-bond acceptors (Lipinski definition) is 5. The highest BCUT2D eigenvalue weighted by Gasteiger charge is 2.38. The van der Waals surface area contributed by atoms with Gasteiger partial charge >= 0.3 is 6.09 Å². The van der Waals surface area contributed by atoms with Gasteiger partial charge in [0.15, 0.2) is 14.1 Å². The molecule has 1 amide bonds. The summed E-state index contributed by atoms with van der Waals surface area (Å²) in [5, 5.41) is 12.1. The maximum absolute atomic E-state index is 11.0. The number of anilines is 1. The van der Waals surface area contributed by atoms with E-state index in [1.807, 2.05) is 6.92 Å². The van der Waals surface area contributed by atoms with Gasteiger partial charge in [0.2, 0.25) is 0 Å². The van der Waals surface area contributed by atoms with Crippen molar-refractivity contribution in [1.82, 2.24) is 15.3 Å². The standard InChI is InChI=1S/C18H31ClN4O3Si/c1-17(2,3)27(5,6)26-12-13-15(21-14(19)11-20-13)23-9-7-18(4,8-10-23)22-16(24)25/h11,22H,7-10,12H2,1-6H3,(H,24,25). The number of rotatable bonds is 5. The molecule has 0 bridgehead atoms. The van der Waals surface area contributed by atoms with E-state index in [0.717, 1.165) is 11.5 Å². The minimum atomic E-state index is -1.91. The van der Waals surface area contributed by atoms with Gasteiger partial charge in [0, 0.05) is 18.6 Å². The molecule has 1 aliphatic heterocycles. The SMILES string of the molecule is CC1(NC(=O)O)CCN(c2nc(Cl)cnc2CO[Si](C)(C)C(C)(C)C)CC1. The van der Waals surface area contributed by atoms with Gasteiger partial charge in [-0.3, -0.25) is 4.98 Å². The van der Waals surface area contributed by atoms with Crippen LogP contribution in [-0.4, -0.2) is 48.1 Å². The second kappa shape index (κ2) is 7.93. The van der Waals surface area contributed by atoms with Crippen molar-refractivity contribution in [1.29, 1.82) is 0 Å². The van der Waals surface area contributed by atoms with Crippen molar-refractivity contribution < 1.29 is 14.3 Å². The molecule has 9 heteroatoms. The van der Waals surface area contributed by atoms with Crippen molar-refractivity contribution in [2.75, 3.05) is 18.0 Å². The van der Waals surface area contributed by atoms with Crippen LogP contribution in [0.3, 0.4) is 0 Å². The van der Waals surface area contributed by atoms with E-state index in [1.165, 1.54) is 0 Å². The Morgan fingerprint density at radius 1 is 1.41 bits per heavy atom. The number of nitrogens with one attached hydrogen (secondary N) is 1. The highest BCUT2D eigenvalue weighted by Crippen LogP contribution is 2.37. The van der Waals surface area contributed by atoms with E-state index in [-0.39, 0.29) is 5.04 Å². The molecule has 152 valence electrons. The van der Waals surface area contributed by atoms with E-state index in [9.17, 15) is 4.79 Å². The van der Waals surface area contributed by atoms with Gasteiger partial charge in [-0.15, -0.1) is 0 Å². The first-order valence-corrected chi connectivity index (χ1v) is 12.5. The zero-order chi connectivity index (χ0) is 20.5. The molecule has 7 nitrogen and oxygen atoms in total. The van der Waals surface area contributed by atoms with Crippen molar-refractivity contribution in [3.8, 4) is 0 Å². The summed E-state index contributed by atoms with van der Waals surface area (Å²) in [4.78, 5) is 22.1. The topological polar surface area (TPSA) is 87.6 Å². The third-order valence-electron chi connectivity index (χ3n) is 5.75. The summed E-state index contributed by atoms with van der Waals surface area (Å²) in [5.74, 6) is 0.735. The Balaban J connectivity index is 2.14. The number of hydrogen-bond donors (Lipinski definition) is 2. The van der Waals surface area contributed by atoms with Crippen LogP contribution in [0.5, 0.6) is 0 Å². The Labute approximate surface area is 167 Å². The number of piperidine rings is 1. The van der Waals surface area contributed by atoms with Crippen LogP contribution in [0.1, 0.15) is 46.2 Å². The van der Waals surface area contributed by atoms with E-state index in [4.69, 9.17) is 21.1 Å².